The highest BCUT2D eigenvalue weighted by molar-refractivity contribution is 4.95. The maximum atomic E-state index is 3.75. The molecule has 2 heteroatoms. The first kappa shape index (κ1) is 12.4. The molecule has 1 N–H and O–H groups in total. The van der Waals surface area contributed by atoms with E-state index in [0.29, 0.717) is 5.54 Å². The van der Waals surface area contributed by atoms with Crippen LogP contribution in [0.5, 0.6) is 0 Å². The molecule has 2 nitrogen and oxygen atoms in total. The summed E-state index contributed by atoms with van der Waals surface area (Å²) in [6.45, 7) is 10.8. The van der Waals surface area contributed by atoms with Gasteiger partial charge in [0, 0.05) is 31.2 Å². The summed E-state index contributed by atoms with van der Waals surface area (Å²) in [6.07, 6.45) is 6.85. The van der Waals surface area contributed by atoms with Crippen molar-refractivity contribution < 1.29 is 0 Å². The van der Waals surface area contributed by atoms with E-state index in [0.717, 1.165) is 12.0 Å². The Bertz CT molecular complexity index is 223. The van der Waals surface area contributed by atoms with E-state index in [9.17, 15) is 0 Å². The molecule has 94 valence electrons. The van der Waals surface area contributed by atoms with E-state index < -0.39 is 0 Å². The molecule has 0 amide bonds. The van der Waals surface area contributed by atoms with Gasteiger partial charge in [-0.3, -0.25) is 4.90 Å². The van der Waals surface area contributed by atoms with Crippen molar-refractivity contribution in [2.24, 2.45) is 5.92 Å². The monoisotopic (exact) mass is 224 g/mol. The van der Waals surface area contributed by atoms with Crippen molar-refractivity contribution in [1.29, 1.82) is 0 Å². The number of piperazine rings is 1. The third-order valence-electron chi connectivity index (χ3n) is 4.94. The van der Waals surface area contributed by atoms with Gasteiger partial charge < -0.3 is 5.32 Å². The Labute approximate surface area is 101 Å². The highest BCUT2D eigenvalue weighted by Gasteiger charge is 2.36. The van der Waals surface area contributed by atoms with Gasteiger partial charge in [-0.2, -0.15) is 0 Å². The standard InChI is InChI=1S/C14H28N2/c1-4-14(5-2)11-16(9-8-15-14)13-7-6-12(3)10-13/h12-13,15H,4-11H2,1-3H3. The first-order chi connectivity index (χ1) is 7.69. The van der Waals surface area contributed by atoms with Gasteiger partial charge in [-0.15, -0.1) is 0 Å². The molecular formula is C14H28N2. The Morgan fingerprint density at radius 1 is 1.25 bits per heavy atom. The molecule has 0 aromatic carbocycles. The summed E-state index contributed by atoms with van der Waals surface area (Å²) in [4.78, 5) is 2.77. The van der Waals surface area contributed by atoms with Gasteiger partial charge in [0.1, 0.15) is 0 Å². The van der Waals surface area contributed by atoms with E-state index in [1.165, 1.54) is 51.7 Å². The summed E-state index contributed by atoms with van der Waals surface area (Å²) in [6, 6.07) is 0.884. The average molecular weight is 224 g/mol. The fourth-order valence-electron chi connectivity index (χ4n) is 3.53. The van der Waals surface area contributed by atoms with Crippen molar-refractivity contribution in [3.8, 4) is 0 Å². The SMILES string of the molecule is CCC1(CC)CN(C2CCC(C)C2)CCN1. The predicted molar refractivity (Wildman–Crippen MR) is 69.7 cm³/mol. The zero-order valence-electron chi connectivity index (χ0n) is 11.3. The maximum absolute atomic E-state index is 3.75. The highest BCUT2D eigenvalue weighted by Crippen LogP contribution is 2.31. The molecule has 1 saturated heterocycles. The van der Waals surface area contributed by atoms with Crippen LogP contribution in [0.15, 0.2) is 0 Å². The second-order valence-electron chi connectivity index (χ2n) is 5.96. The van der Waals surface area contributed by atoms with E-state index in [1.807, 2.05) is 0 Å². The van der Waals surface area contributed by atoms with Crippen LogP contribution in [0, 0.1) is 5.92 Å². The Morgan fingerprint density at radius 2 is 2.00 bits per heavy atom. The van der Waals surface area contributed by atoms with Crippen LogP contribution in [0.1, 0.15) is 52.9 Å². The summed E-state index contributed by atoms with van der Waals surface area (Å²) in [5, 5.41) is 3.75. The van der Waals surface area contributed by atoms with E-state index >= 15 is 0 Å². The topological polar surface area (TPSA) is 15.3 Å². The summed E-state index contributed by atoms with van der Waals surface area (Å²) in [7, 11) is 0. The molecule has 0 aromatic heterocycles. The van der Waals surface area contributed by atoms with Crippen LogP contribution in [0.3, 0.4) is 0 Å². The van der Waals surface area contributed by atoms with Crippen molar-refractivity contribution in [2.75, 3.05) is 19.6 Å². The Kier molecular flexibility index (Phi) is 3.91. The van der Waals surface area contributed by atoms with Crippen molar-refractivity contribution in [1.82, 2.24) is 10.2 Å². The summed E-state index contributed by atoms with van der Waals surface area (Å²) in [5.41, 5.74) is 0.407. The minimum atomic E-state index is 0.407. The first-order valence-electron chi connectivity index (χ1n) is 7.18. The highest BCUT2D eigenvalue weighted by atomic mass is 15.2. The third-order valence-corrected chi connectivity index (χ3v) is 4.94. The van der Waals surface area contributed by atoms with Crippen LogP contribution in [0.2, 0.25) is 0 Å². The molecule has 2 fully saturated rings. The van der Waals surface area contributed by atoms with Crippen LogP contribution in [0.4, 0.5) is 0 Å². The zero-order chi connectivity index (χ0) is 11.6. The lowest BCUT2D eigenvalue weighted by Gasteiger charge is -2.45. The Morgan fingerprint density at radius 3 is 2.56 bits per heavy atom. The minimum absolute atomic E-state index is 0.407. The van der Waals surface area contributed by atoms with Gasteiger partial charge in [0.2, 0.25) is 0 Å². The number of nitrogens with one attached hydrogen (secondary N) is 1. The molecule has 0 aromatic rings. The fourth-order valence-corrected chi connectivity index (χ4v) is 3.53. The van der Waals surface area contributed by atoms with E-state index in [1.54, 1.807) is 0 Å². The first-order valence-corrected chi connectivity index (χ1v) is 7.18. The molecule has 0 spiro atoms. The zero-order valence-corrected chi connectivity index (χ0v) is 11.3. The predicted octanol–water partition coefficient (Wildman–Crippen LogP) is 2.64. The normalized spacial score (nSPS) is 35.4. The minimum Gasteiger partial charge on any atom is -0.309 e. The van der Waals surface area contributed by atoms with Crippen molar-refractivity contribution in [3.63, 3.8) is 0 Å². The second kappa shape index (κ2) is 5.05. The lowest BCUT2D eigenvalue weighted by atomic mass is 9.89. The largest absolute Gasteiger partial charge is 0.309 e. The molecule has 2 aliphatic rings. The van der Waals surface area contributed by atoms with E-state index in [2.05, 4.69) is 31.0 Å². The van der Waals surface area contributed by atoms with Gasteiger partial charge in [-0.05, 0) is 38.0 Å². The van der Waals surface area contributed by atoms with Crippen molar-refractivity contribution in [2.45, 2.75) is 64.5 Å². The summed E-state index contributed by atoms with van der Waals surface area (Å²) in [5.74, 6) is 0.956. The lowest BCUT2D eigenvalue weighted by molar-refractivity contribution is 0.0863. The Hall–Kier alpha value is -0.0800. The Balaban J connectivity index is 1.96. The summed E-state index contributed by atoms with van der Waals surface area (Å²) >= 11 is 0. The molecule has 16 heavy (non-hydrogen) atoms. The number of rotatable bonds is 3. The molecular weight excluding hydrogens is 196 g/mol. The molecule has 1 aliphatic heterocycles. The maximum Gasteiger partial charge on any atom is 0.0304 e. The van der Waals surface area contributed by atoms with Gasteiger partial charge in [0.25, 0.3) is 0 Å². The fraction of sp³-hybridized carbons (Fsp3) is 1.00. The van der Waals surface area contributed by atoms with Crippen LogP contribution >= 0.6 is 0 Å². The average Bonchev–Trinajstić information content (AvgIpc) is 2.76. The quantitative estimate of drug-likeness (QED) is 0.793. The van der Waals surface area contributed by atoms with Gasteiger partial charge in [-0.1, -0.05) is 20.8 Å². The molecule has 2 rings (SSSR count). The van der Waals surface area contributed by atoms with Crippen LogP contribution in [-0.2, 0) is 0 Å². The second-order valence-corrected chi connectivity index (χ2v) is 5.96. The molecule has 2 atom stereocenters. The number of hydrogen-bond donors (Lipinski definition) is 1. The molecule has 0 bridgehead atoms. The van der Waals surface area contributed by atoms with Crippen molar-refractivity contribution >= 4 is 0 Å². The van der Waals surface area contributed by atoms with Gasteiger partial charge in [0.05, 0.1) is 0 Å². The number of hydrogen-bond acceptors (Lipinski definition) is 2. The molecule has 1 saturated carbocycles. The molecule has 1 heterocycles. The van der Waals surface area contributed by atoms with E-state index in [-0.39, 0.29) is 0 Å². The molecule has 0 radical (unpaired) electrons. The number of nitrogens with zero attached hydrogens (tertiary/aromatic N) is 1. The third kappa shape index (κ3) is 2.43. The molecule has 2 unspecified atom stereocenters. The smallest absolute Gasteiger partial charge is 0.0304 e. The van der Waals surface area contributed by atoms with Crippen LogP contribution in [-0.4, -0.2) is 36.1 Å². The van der Waals surface area contributed by atoms with Crippen molar-refractivity contribution in [3.05, 3.63) is 0 Å². The summed E-state index contributed by atoms with van der Waals surface area (Å²) < 4.78 is 0. The van der Waals surface area contributed by atoms with Gasteiger partial charge >= 0.3 is 0 Å². The molecule has 1 aliphatic carbocycles. The van der Waals surface area contributed by atoms with Crippen LogP contribution in [0.25, 0.3) is 0 Å². The van der Waals surface area contributed by atoms with Crippen LogP contribution < -0.4 is 5.32 Å². The lowest BCUT2D eigenvalue weighted by Crippen LogP contribution is -2.61. The van der Waals surface area contributed by atoms with Gasteiger partial charge in [-0.25, -0.2) is 0 Å². The van der Waals surface area contributed by atoms with Gasteiger partial charge in [0.15, 0.2) is 0 Å². The van der Waals surface area contributed by atoms with E-state index in [4.69, 9.17) is 0 Å².